The predicted molar refractivity (Wildman–Crippen MR) is 93.2 cm³/mol. The predicted octanol–water partition coefficient (Wildman–Crippen LogP) is 1.56. The number of fused-ring (bicyclic) bond motifs is 1. The number of nitrogens with zero attached hydrogens (tertiary/aromatic N) is 4. The number of unbranched alkanes of at least 4 members (excludes halogenated alkanes) is 1. The summed E-state index contributed by atoms with van der Waals surface area (Å²) < 4.78 is 5.23. The number of nitro benzene ring substituents is 1. The summed E-state index contributed by atoms with van der Waals surface area (Å²) in [5.74, 6) is -1.42. The van der Waals surface area contributed by atoms with E-state index in [1.165, 1.54) is 24.3 Å². The Labute approximate surface area is 157 Å². The SMILES string of the molecule is NC(CCCCC(=O)On1c(O)ccc1O)c1ccc([N+](=O)[O-])c2nonc12. The minimum absolute atomic E-state index is 0.0351. The van der Waals surface area contributed by atoms with Gasteiger partial charge in [0.15, 0.2) is 0 Å². The molecule has 0 amide bonds. The lowest BCUT2D eigenvalue weighted by atomic mass is 9.99. The van der Waals surface area contributed by atoms with E-state index in [0.29, 0.717) is 29.6 Å². The van der Waals surface area contributed by atoms with Gasteiger partial charge in [-0.15, -0.1) is 4.73 Å². The van der Waals surface area contributed by atoms with Gasteiger partial charge in [-0.05, 0) is 29.2 Å². The highest BCUT2D eigenvalue weighted by atomic mass is 16.7. The molecule has 4 N–H and O–H groups in total. The Morgan fingerprint density at radius 3 is 2.57 bits per heavy atom. The molecule has 28 heavy (non-hydrogen) atoms. The lowest BCUT2D eigenvalue weighted by molar-refractivity contribution is -0.383. The van der Waals surface area contributed by atoms with Crippen LogP contribution in [-0.4, -0.2) is 36.1 Å². The van der Waals surface area contributed by atoms with Gasteiger partial charge in [0.25, 0.3) is 0 Å². The van der Waals surface area contributed by atoms with Crippen LogP contribution in [0, 0.1) is 10.1 Å². The van der Waals surface area contributed by atoms with E-state index in [9.17, 15) is 25.1 Å². The summed E-state index contributed by atoms with van der Waals surface area (Å²) in [6, 6.07) is 4.70. The number of nitrogens with two attached hydrogens (primary N) is 1. The van der Waals surface area contributed by atoms with Gasteiger partial charge in [-0.1, -0.05) is 6.42 Å². The molecule has 0 aliphatic heterocycles. The van der Waals surface area contributed by atoms with Crippen molar-refractivity contribution in [2.24, 2.45) is 5.73 Å². The van der Waals surface area contributed by atoms with Crippen LogP contribution in [0.15, 0.2) is 28.9 Å². The quantitative estimate of drug-likeness (QED) is 0.289. The summed E-state index contributed by atoms with van der Waals surface area (Å²) in [7, 11) is 0. The van der Waals surface area contributed by atoms with Crippen LogP contribution in [0.5, 0.6) is 11.8 Å². The lowest BCUT2D eigenvalue weighted by Crippen LogP contribution is -2.18. The normalized spacial score (nSPS) is 12.2. The van der Waals surface area contributed by atoms with Crippen LogP contribution in [0.25, 0.3) is 11.0 Å². The Kier molecular flexibility index (Phi) is 5.40. The standard InChI is InChI=1S/C16H17N5O7/c17-10(9-5-6-11(21(25)26)16-15(9)18-28-19-16)3-1-2-4-14(24)27-20-12(22)7-8-13(20)23/h5-8,10,22-23H,1-4,17H2. The second-order valence-corrected chi connectivity index (χ2v) is 6.05. The van der Waals surface area contributed by atoms with E-state index in [4.69, 9.17) is 10.6 Å². The van der Waals surface area contributed by atoms with Gasteiger partial charge in [-0.3, -0.25) is 10.1 Å². The number of benzene rings is 1. The Morgan fingerprint density at radius 2 is 1.89 bits per heavy atom. The maximum atomic E-state index is 11.8. The molecule has 3 rings (SSSR count). The van der Waals surface area contributed by atoms with Gasteiger partial charge in [0, 0.05) is 36.2 Å². The van der Waals surface area contributed by atoms with Crippen LogP contribution in [0.3, 0.4) is 0 Å². The molecule has 3 aromatic rings. The zero-order valence-electron chi connectivity index (χ0n) is 14.5. The molecule has 1 unspecified atom stereocenters. The Bertz CT molecular complexity index is 993. The Balaban J connectivity index is 1.54. The number of aromatic nitrogens is 3. The fourth-order valence-corrected chi connectivity index (χ4v) is 2.75. The van der Waals surface area contributed by atoms with Crippen molar-refractivity contribution in [3.05, 3.63) is 39.9 Å². The second-order valence-electron chi connectivity index (χ2n) is 6.05. The number of carbonyl (C=O) groups excluding carboxylic acids is 1. The Hall–Kier alpha value is -3.67. The fraction of sp³-hybridized carbons (Fsp3) is 0.312. The van der Waals surface area contributed by atoms with Crippen molar-refractivity contribution in [1.29, 1.82) is 0 Å². The molecule has 0 radical (unpaired) electrons. The summed E-state index contributed by atoms with van der Waals surface area (Å²) in [5, 5.41) is 37.1. The van der Waals surface area contributed by atoms with Crippen LogP contribution in [-0.2, 0) is 4.79 Å². The molecule has 1 atom stereocenters. The van der Waals surface area contributed by atoms with Gasteiger partial charge in [0.2, 0.25) is 17.3 Å². The van der Waals surface area contributed by atoms with Crippen molar-refractivity contribution in [2.75, 3.05) is 0 Å². The number of hydrogen-bond donors (Lipinski definition) is 3. The lowest BCUT2D eigenvalue weighted by Gasteiger charge is -2.12. The summed E-state index contributed by atoms with van der Waals surface area (Å²) in [6.45, 7) is 0. The zero-order chi connectivity index (χ0) is 20.3. The molecule has 0 aliphatic carbocycles. The van der Waals surface area contributed by atoms with E-state index in [2.05, 4.69) is 14.9 Å². The van der Waals surface area contributed by atoms with E-state index in [1.807, 2.05) is 0 Å². The molecule has 0 saturated heterocycles. The van der Waals surface area contributed by atoms with Crippen LogP contribution in [0.1, 0.15) is 37.3 Å². The molecule has 12 heteroatoms. The molecular weight excluding hydrogens is 374 g/mol. The first-order chi connectivity index (χ1) is 13.4. The van der Waals surface area contributed by atoms with Crippen molar-refractivity contribution >= 4 is 22.7 Å². The first-order valence-corrected chi connectivity index (χ1v) is 8.34. The van der Waals surface area contributed by atoms with E-state index >= 15 is 0 Å². The third-order valence-corrected chi connectivity index (χ3v) is 4.16. The highest BCUT2D eigenvalue weighted by molar-refractivity contribution is 5.86. The van der Waals surface area contributed by atoms with E-state index in [1.54, 1.807) is 0 Å². The molecule has 0 spiro atoms. The van der Waals surface area contributed by atoms with E-state index < -0.39 is 28.7 Å². The molecule has 0 fully saturated rings. The second kappa shape index (κ2) is 7.92. The largest absolute Gasteiger partial charge is 0.492 e. The average Bonchev–Trinajstić information content (AvgIpc) is 3.26. The Morgan fingerprint density at radius 1 is 1.21 bits per heavy atom. The number of nitro groups is 1. The summed E-state index contributed by atoms with van der Waals surface area (Å²) >= 11 is 0. The molecule has 0 bridgehead atoms. The minimum Gasteiger partial charge on any atom is -0.492 e. The molecule has 2 heterocycles. The number of hydrogen-bond acceptors (Lipinski definition) is 10. The molecule has 148 valence electrons. The molecular formula is C16H17N5O7. The van der Waals surface area contributed by atoms with Gasteiger partial charge in [-0.2, -0.15) is 0 Å². The molecule has 0 saturated carbocycles. The minimum atomic E-state index is -0.631. The monoisotopic (exact) mass is 391 g/mol. The van der Waals surface area contributed by atoms with Crippen LogP contribution < -0.4 is 10.6 Å². The first kappa shape index (κ1) is 19.1. The van der Waals surface area contributed by atoms with Crippen molar-refractivity contribution in [2.45, 2.75) is 31.7 Å². The van der Waals surface area contributed by atoms with Crippen molar-refractivity contribution < 1.29 is 29.4 Å². The molecule has 12 nitrogen and oxygen atoms in total. The number of aromatic hydroxyl groups is 2. The topological polar surface area (TPSA) is 180 Å². The van der Waals surface area contributed by atoms with Gasteiger partial charge >= 0.3 is 11.7 Å². The van der Waals surface area contributed by atoms with E-state index in [0.717, 1.165) is 0 Å². The maximum absolute atomic E-state index is 11.8. The van der Waals surface area contributed by atoms with Crippen LogP contribution in [0.4, 0.5) is 5.69 Å². The smallest absolute Gasteiger partial charge is 0.333 e. The van der Waals surface area contributed by atoms with Crippen molar-refractivity contribution in [3.63, 3.8) is 0 Å². The van der Waals surface area contributed by atoms with Gasteiger partial charge in [0.05, 0.1) is 4.92 Å². The summed E-state index contributed by atoms with van der Waals surface area (Å²) in [5.41, 5.74) is 6.76. The van der Waals surface area contributed by atoms with Crippen molar-refractivity contribution in [3.8, 4) is 11.8 Å². The maximum Gasteiger partial charge on any atom is 0.333 e. The summed E-state index contributed by atoms with van der Waals surface area (Å²) in [6.07, 6.45) is 1.53. The van der Waals surface area contributed by atoms with Gasteiger partial charge in [-0.25, -0.2) is 9.42 Å². The highest BCUT2D eigenvalue weighted by Gasteiger charge is 2.22. The van der Waals surface area contributed by atoms with Crippen molar-refractivity contribution in [1.82, 2.24) is 15.0 Å². The first-order valence-electron chi connectivity index (χ1n) is 8.34. The molecule has 1 aromatic carbocycles. The number of carbonyl (C=O) groups is 1. The molecule has 0 aliphatic rings. The number of rotatable bonds is 8. The fourth-order valence-electron chi connectivity index (χ4n) is 2.75. The zero-order valence-corrected chi connectivity index (χ0v) is 14.5. The van der Waals surface area contributed by atoms with Crippen LogP contribution in [0.2, 0.25) is 0 Å². The number of non-ortho nitro benzene ring substituents is 1. The van der Waals surface area contributed by atoms with Gasteiger partial charge in [0.1, 0.15) is 5.52 Å². The summed E-state index contributed by atoms with van der Waals surface area (Å²) in [4.78, 5) is 27.1. The highest BCUT2D eigenvalue weighted by Crippen LogP contribution is 2.30. The average molecular weight is 391 g/mol. The third-order valence-electron chi connectivity index (χ3n) is 4.16. The van der Waals surface area contributed by atoms with E-state index in [-0.39, 0.29) is 23.1 Å². The molecule has 2 aromatic heterocycles. The third kappa shape index (κ3) is 3.86. The van der Waals surface area contributed by atoms with Crippen LogP contribution >= 0.6 is 0 Å². The van der Waals surface area contributed by atoms with Gasteiger partial charge < -0.3 is 20.8 Å².